The summed E-state index contributed by atoms with van der Waals surface area (Å²) in [5, 5.41) is 8.56. The summed E-state index contributed by atoms with van der Waals surface area (Å²) >= 11 is 0. The Morgan fingerprint density at radius 1 is 1.71 bits per heavy atom. The lowest BCUT2D eigenvalue weighted by molar-refractivity contribution is 0.293. The van der Waals surface area contributed by atoms with Crippen molar-refractivity contribution in [3.63, 3.8) is 0 Å². The summed E-state index contributed by atoms with van der Waals surface area (Å²) in [7, 11) is 1.89. The Hall–Kier alpha value is -1.60. The predicted molar refractivity (Wildman–Crippen MR) is 55.3 cm³/mol. The van der Waals surface area contributed by atoms with E-state index in [1.54, 1.807) is 6.20 Å². The lowest BCUT2D eigenvalue weighted by atomic mass is 10.1. The molecule has 4 nitrogen and oxygen atoms in total. The molecule has 1 heterocycles. The number of aromatic nitrogens is 1. The van der Waals surface area contributed by atoms with E-state index in [9.17, 15) is 0 Å². The number of anilines is 1. The van der Waals surface area contributed by atoms with Gasteiger partial charge in [-0.1, -0.05) is 6.07 Å². The number of nitriles is 1. The van der Waals surface area contributed by atoms with Gasteiger partial charge in [-0.25, -0.2) is 4.98 Å². The van der Waals surface area contributed by atoms with E-state index in [0.717, 1.165) is 5.56 Å². The summed E-state index contributed by atoms with van der Waals surface area (Å²) in [4.78, 5) is 5.93. The maximum absolute atomic E-state index is 8.56. The van der Waals surface area contributed by atoms with E-state index in [1.165, 1.54) is 0 Å². The fourth-order valence-corrected chi connectivity index (χ4v) is 1.27. The van der Waals surface area contributed by atoms with Gasteiger partial charge < -0.3 is 5.73 Å². The van der Waals surface area contributed by atoms with Crippen LogP contribution in [0.15, 0.2) is 18.3 Å². The molecule has 0 aliphatic rings. The van der Waals surface area contributed by atoms with Crippen LogP contribution in [0.3, 0.4) is 0 Å². The van der Waals surface area contributed by atoms with Crippen LogP contribution in [0.2, 0.25) is 0 Å². The summed E-state index contributed by atoms with van der Waals surface area (Å²) in [6.07, 6.45) is 1.66. The molecule has 1 atom stereocenters. The molecule has 4 heteroatoms. The van der Waals surface area contributed by atoms with Gasteiger partial charge in [0.05, 0.1) is 12.6 Å². The minimum absolute atomic E-state index is 0.114. The lowest BCUT2D eigenvalue weighted by Gasteiger charge is -2.22. The van der Waals surface area contributed by atoms with E-state index < -0.39 is 0 Å². The quantitative estimate of drug-likeness (QED) is 0.727. The Balaban J connectivity index is 2.84. The molecule has 0 bridgehead atoms. The molecule has 1 rings (SSSR count). The fourth-order valence-electron chi connectivity index (χ4n) is 1.27. The maximum Gasteiger partial charge on any atom is 0.128 e. The van der Waals surface area contributed by atoms with Gasteiger partial charge in [-0.15, -0.1) is 0 Å². The van der Waals surface area contributed by atoms with Gasteiger partial charge in [-0.2, -0.15) is 5.26 Å². The van der Waals surface area contributed by atoms with Crippen LogP contribution in [0, 0.1) is 11.3 Å². The van der Waals surface area contributed by atoms with Crippen molar-refractivity contribution in [1.29, 1.82) is 5.26 Å². The van der Waals surface area contributed by atoms with Crippen LogP contribution in [-0.2, 0) is 0 Å². The third kappa shape index (κ3) is 2.21. The molecular formula is C10H14N4. The number of hydrogen-bond acceptors (Lipinski definition) is 4. The summed E-state index contributed by atoms with van der Waals surface area (Å²) in [5.74, 6) is 0.532. The second kappa shape index (κ2) is 4.58. The molecule has 1 unspecified atom stereocenters. The molecular weight excluding hydrogens is 176 g/mol. The highest BCUT2D eigenvalue weighted by atomic mass is 15.1. The molecule has 0 fully saturated rings. The molecule has 0 saturated heterocycles. The molecule has 2 N–H and O–H groups in total. The van der Waals surface area contributed by atoms with Crippen LogP contribution >= 0.6 is 0 Å². The number of nitrogens with two attached hydrogens (primary N) is 1. The molecule has 1 aromatic heterocycles. The number of nitrogens with zero attached hydrogens (tertiary/aromatic N) is 3. The van der Waals surface area contributed by atoms with Crippen molar-refractivity contribution in [3.8, 4) is 6.07 Å². The van der Waals surface area contributed by atoms with Crippen molar-refractivity contribution in [2.75, 3.05) is 19.3 Å². The minimum Gasteiger partial charge on any atom is -0.383 e. The van der Waals surface area contributed by atoms with E-state index >= 15 is 0 Å². The van der Waals surface area contributed by atoms with E-state index in [-0.39, 0.29) is 6.04 Å². The predicted octanol–water partition coefficient (Wildman–Crippen LogP) is 1.18. The van der Waals surface area contributed by atoms with Crippen LogP contribution in [-0.4, -0.2) is 23.5 Å². The monoisotopic (exact) mass is 190 g/mol. The lowest BCUT2D eigenvalue weighted by Crippen LogP contribution is -2.23. The number of hydrogen-bond donors (Lipinski definition) is 1. The first-order valence-corrected chi connectivity index (χ1v) is 4.44. The smallest absolute Gasteiger partial charge is 0.128 e. The van der Waals surface area contributed by atoms with Crippen LogP contribution in [0.25, 0.3) is 0 Å². The first-order chi connectivity index (χ1) is 6.66. The van der Waals surface area contributed by atoms with Gasteiger partial charge >= 0.3 is 0 Å². The maximum atomic E-state index is 8.56. The van der Waals surface area contributed by atoms with Crippen LogP contribution in [0.4, 0.5) is 5.82 Å². The Kier molecular flexibility index (Phi) is 3.43. The highest BCUT2D eigenvalue weighted by Crippen LogP contribution is 2.21. The number of nitrogen functional groups attached to an aromatic ring is 1. The van der Waals surface area contributed by atoms with E-state index in [2.05, 4.69) is 11.1 Å². The highest BCUT2D eigenvalue weighted by Gasteiger charge is 2.13. The molecule has 0 spiro atoms. The third-order valence-electron chi connectivity index (χ3n) is 2.30. The van der Waals surface area contributed by atoms with Gasteiger partial charge in [-0.05, 0) is 20.0 Å². The minimum atomic E-state index is 0.114. The standard InChI is InChI=1S/C10H14N4/c1-8(14(2)7-5-11)9-4-3-6-13-10(9)12/h3-4,6,8H,7H2,1-2H3,(H2,12,13). The average Bonchev–Trinajstić information content (AvgIpc) is 2.18. The zero-order valence-corrected chi connectivity index (χ0v) is 8.44. The molecule has 0 amide bonds. The van der Waals surface area contributed by atoms with Gasteiger partial charge in [0, 0.05) is 17.8 Å². The Morgan fingerprint density at radius 3 is 3.00 bits per heavy atom. The molecule has 0 aliphatic heterocycles. The molecule has 0 aliphatic carbocycles. The molecule has 1 aromatic rings. The normalized spacial score (nSPS) is 12.4. The molecule has 0 aromatic carbocycles. The van der Waals surface area contributed by atoms with E-state index in [4.69, 9.17) is 11.0 Å². The largest absolute Gasteiger partial charge is 0.383 e. The van der Waals surface area contributed by atoms with Crippen LogP contribution < -0.4 is 5.73 Å². The second-order valence-corrected chi connectivity index (χ2v) is 3.23. The zero-order chi connectivity index (χ0) is 10.6. The number of pyridine rings is 1. The SMILES string of the molecule is CC(c1cccnc1N)N(C)CC#N. The molecule has 14 heavy (non-hydrogen) atoms. The first-order valence-electron chi connectivity index (χ1n) is 4.44. The topological polar surface area (TPSA) is 65.9 Å². The Bertz CT molecular complexity index is 342. The van der Waals surface area contributed by atoms with Crippen molar-refractivity contribution in [3.05, 3.63) is 23.9 Å². The Morgan fingerprint density at radius 2 is 2.43 bits per heavy atom. The van der Waals surface area contributed by atoms with E-state index in [1.807, 2.05) is 31.0 Å². The summed E-state index contributed by atoms with van der Waals surface area (Å²) in [6, 6.07) is 6.00. The van der Waals surface area contributed by atoms with Gasteiger partial charge in [0.1, 0.15) is 5.82 Å². The van der Waals surface area contributed by atoms with Crippen LogP contribution in [0.5, 0.6) is 0 Å². The molecule has 74 valence electrons. The van der Waals surface area contributed by atoms with Crippen molar-refractivity contribution in [1.82, 2.24) is 9.88 Å². The summed E-state index contributed by atoms with van der Waals surface area (Å²) < 4.78 is 0. The zero-order valence-electron chi connectivity index (χ0n) is 8.44. The van der Waals surface area contributed by atoms with Gasteiger partial charge in [0.25, 0.3) is 0 Å². The highest BCUT2D eigenvalue weighted by molar-refractivity contribution is 5.40. The van der Waals surface area contributed by atoms with Crippen molar-refractivity contribution < 1.29 is 0 Å². The van der Waals surface area contributed by atoms with Crippen molar-refractivity contribution >= 4 is 5.82 Å². The van der Waals surface area contributed by atoms with Gasteiger partial charge in [-0.3, -0.25) is 4.90 Å². The second-order valence-electron chi connectivity index (χ2n) is 3.23. The van der Waals surface area contributed by atoms with Crippen LogP contribution in [0.1, 0.15) is 18.5 Å². The third-order valence-corrected chi connectivity index (χ3v) is 2.30. The summed E-state index contributed by atoms with van der Waals surface area (Å²) in [5.41, 5.74) is 6.70. The molecule has 0 radical (unpaired) electrons. The van der Waals surface area contributed by atoms with Crippen molar-refractivity contribution in [2.24, 2.45) is 0 Å². The average molecular weight is 190 g/mol. The number of rotatable bonds is 3. The summed E-state index contributed by atoms with van der Waals surface area (Å²) in [6.45, 7) is 2.39. The van der Waals surface area contributed by atoms with E-state index in [0.29, 0.717) is 12.4 Å². The van der Waals surface area contributed by atoms with Gasteiger partial charge in [0.2, 0.25) is 0 Å². The first kappa shape index (κ1) is 10.5. The fraction of sp³-hybridized carbons (Fsp3) is 0.400. The molecule has 0 saturated carbocycles. The van der Waals surface area contributed by atoms with Gasteiger partial charge in [0.15, 0.2) is 0 Å². The van der Waals surface area contributed by atoms with Crippen molar-refractivity contribution in [2.45, 2.75) is 13.0 Å². The Labute approximate surface area is 84.0 Å².